The fourth-order valence-corrected chi connectivity index (χ4v) is 8.99. The summed E-state index contributed by atoms with van der Waals surface area (Å²) in [4.78, 5) is 0. The monoisotopic (exact) mass is 898 g/mol. The molecule has 6 aromatic rings. The van der Waals surface area contributed by atoms with Crippen molar-refractivity contribution in [3.63, 3.8) is 0 Å². The highest BCUT2D eigenvalue weighted by atomic mass is 31.2. The molecule has 2 atom stereocenters. The van der Waals surface area contributed by atoms with E-state index >= 15 is 9.13 Å². The lowest BCUT2D eigenvalue weighted by Gasteiger charge is -2.27. The van der Waals surface area contributed by atoms with Crippen molar-refractivity contribution < 1.29 is 64.7 Å². The lowest BCUT2D eigenvalue weighted by Crippen LogP contribution is -2.13. The molecule has 0 aromatic heterocycles. The Morgan fingerprint density at radius 1 is 0.444 bits per heavy atom. The van der Waals surface area contributed by atoms with E-state index in [9.17, 15) is 0 Å². The quantitative estimate of drug-likeness (QED) is 0.0596. The molecule has 0 aliphatic carbocycles. The van der Waals surface area contributed by atoms with Crippen molar-refractivity contribution in [1.29, 1.82) is 0 Å². The van der Waals surface area contributed by atoms with Crippen molar-refractivity contribution >= 4 is 15.6 Å². The number of benzene rings is 6. The van der Waals surface area contributed by atoms with Gasteiger partial charge in [0.1, 0.15) is 19.0 Å². The Balaban J connectivity index is 1.36. The van der Waals surface area contributed by atoms with Crippen molar-refractivity contribution in [3.8, 4) is 34.5 Å². The van der Waals surface area contributed by atoms with Gasteiger partial charge in [-0.25, -0.2) is 9.13 Å². The number of ether oxygens (including phenoxy) is 6. The van der Waals surface area contributed by atoms with E-state index in [0.717, 1.165) is 0 Å². The summed E-state index contributed by atoms with van der Waals surface area (Å²) in [6.07, 6.45) is -1.85. The van der Waals surface area contributed by atoms with Crippen molar-refractivity contribution in [3.05, 3.63) is 179 Å². The van der Waals surface area contributed by atoms with Gasteiger partial charge in [0, 0.05) is 5.56 Å². The second-order valence-corrected chi connectivity index (χ2v) is 17.1. The number of phosphoric acid groups is 2. The zero-order chi connectivity index (χ0) is 44.1. The number of methoxy groups -OCH3 is 4. The molecule has 0 saturated carbocycles. The van der Waals surface area contributed by atoms with Crippen LogP contribution in [-0.4, -0.2) is 35.2 Å². The Bertz CT molecular complexity index is 2360. The number of phosphoric ester groups is 2. The summed E-state index contributed by atoms with van der Waals surface area (Å²) in [5, 5.41) is 0. The topological polar surface area (TPSA) is 145 Å². The van der Waals surface area contributed by atoms with E-state index in [1.807, 2.05) is 121 Å². The van der Waals surface area contributed by atoms with Crippen molar-refractivity contribution in [2.45, 2.75) is 38.6 Å². The normalized spacial score (nSPS) is 15.1. The fourth-order valence-electron chi connectivity index (χ4n) is 6.59. The predicted octanol–water partition coefficient (Wildman–Crippen LogP) is 11.3. The Hall–Kier alpha value is -5.66. The average Bonchev–Trinajstić information content (AvgIpc) is 3.83. The average molecular weight is 899 g/mol. The maximum atomic E-state index is 15.2. The Morgan fingerprint density at radius 3 is 1.21 bits per heavy atom. The summed E-state index contributed by atoms with van der Waals surface area (Å²) < 4.78 is 103. The summed E-state index contributed by atoms with van der Waals surface area (Å²) in [5.41, 5.74) is 3.57. The molecule has 1 aliphatic rings. The molecule has 0 bridgehead atoms. The Kier molecular flexibility index (Phi) is 15.6. The maximum Gasteiger partial charge on any atom is 0.530 e. The predicted molar refractivity (Wildman–Crippen MR) is 233 cm³/mol. The minimum atomic E-state index is -4.68. The zero-order valence-electron chi connectivity index (χ0n) is 35.2. The molecule has 0 radical (unpaired) electrons. The number of hydrogen-bond acceptors (Lipinski definition) is 14. The SMILES string of the molecule is COc1cc([C@@H]2OCO[C@H]2c2ccc(OC)c(OP(=O)(OCc3ccccc3)OCc3ccccc3)c2OP(=O)(OCc2ccccc2)OCc2ccccc2)cc(OC)c1OC. The van der Waals surface area contributed by atoms with E-state index in [4.69, 9.17) is 55.6 Å². The molecule has 16 heteroatoms. The summed E-state index contributed by atoms with van der Waals surface area (Å²) in [6, 6.07) is 43.1. The lowest BCUT2D eigenvalue weighted by molar-refractivity contribution is 0.0378. The highest BCUT2D eigenvalue weighted by Gasteiger charge is 2.42. The van der Waals surface area contributed by atoms with E-state index < -0.39 is 27.9 Å². The van der Waals surface area contributed by atoms with Gasteiger partial charge >= 0.3 is 15.6 Å². The molecule has 0 N–H and O–H groups in total. The molecule has 63 heavy (non-hydrogen) atoms. The third kappa shape index (κ3) is 11.7. The third-order valence-corrected chi connectivity index (χ3v) is 12.3. The van der Waals surface area contributed by atoms with E-state index in [1.165, 1.54) is 28.4 Å². The van der Waals surface area contributed by atoms with Gasteiger partial charge in [0.25, 0.3) is 0 Å². The third-order valence-electron chi connectivity index (χ3n) is 9.75. The largest absolute Gasteiger partial charge is 0.530 e. The highest BCUT2D eigenvalue weighted by Crippen LogP contribution is 2.62. The van der Waals surface area contributed by atoms with Crippen LogP contribution in [0.5, 0.6) is 34.5 Å². The first-order chi connectivity index (χ1) is 30.7. The molecule has 0 amide bonds. The second kappa shape index (κ2) is 21.6. The van der Waals surface area contributed by atoms with Gasteiger partial charge in [0.05, 0.1) is 54.9 Å². The first-order valence-electron chi connectivity index (χ1n) is 19.8. The van der Waals surface area contributed by atoms with E-state index in [-0.39, 0.29) is 56.0 Å². The molecular weight excluding hydrogens is 850 g/mol. The van der Waals surface area contributed by atoms with Gasteiger partial charge in [-0.15, -0.1) is 0 Å². The summed E-state index contributed by atoms with van der Waals surface area (Å²) >= 11 is 0. The van der Waals surface area contributed by atoms with Crippen LogP contribution in [0.25, 0.3) is 0 Å². The second-order valence-electron chi connectivity index (χ2n) is 13.9. The molecule has 0 spiro atoms. The maximum absolute atomic E-state index is 15.2. The summed E-state index contributed by atoms with van der Waals surface area (Å²) in [6.45, 7) is -0.824. The smallest absolute Gasteiger partial charge is 0.493 e. The standard InChI is InChI=1S/C47H48O14P2/c1-50-40-26-25-39(44-43(54-33-55-44)38-27-41(51-2)46(53-4)42(28-38)52-3)45(60-62(48,56-29-34-17-9-5-10-18-34)57-30-35-19-11-6-12-20-35)47(40)61-63(49,58-31-36-21-13-7-14-22-36)59-32-37-23-15-8-16-24-37/h5-28,43-44H,29-33H2,1-4H3/t43-,44-/m0/s1. The van der Waals surface area contributed by atoms with Crippen LogP contribution in [0.3, 0.4) is 0 Å². The van der Waals surface area contributed by atoms with Crippen LogP contribution >= 0.6 is 15.6 Å². The Labute approximate surface area is 366 Å². The van der Waals surface area contributed by atoms with Crippen molar-refractivity contribution in [1.82, 2.24) is 0 Å². The molecule has 6 aromatic carbocycles. The lowest BCUT2D eigenvalue weighted by atomic mass is 9.96. The summed E-state index contributed by atoms with van der Waals surface area (Å²) in [5.74, 6) is 0.566. The van der Waals surface area contributed by atoms with Crippen LogP contribution in [0.1, 0.15) is 45.6 Å². The summed E-state index contributed by atoms with van der Waals surface area (Å²) in [7, 11) is -3.41. The van der Waals surface area contributed by atoms with Crippen LogP contribution in [0.4, 0.5) is 0 Å². The zero-order valence-corrected chi connectivity index (χ0v) is 36.9. The van der Waals surface area contributed by atoms with Gasteiger partial charge in [-0.05, 0) is 52.1 Å². The van der Waals surface area contributed by atoms with Crippen LogP contribution in [0, 0.1) is 0 Å². The first kappa shape index (κ1) is 45.4. The minimum Gasteiger partial charge on any atom is -0.493 e. The van der Waals surface area contributed by atoms with Crippen LogP contribution in [0.2, 0.25) is 0 Å². The van der Waals surface area contributed by atoms with Crippen molar-refractivity contribution in [2.75, 3.05) is 35.2 Å². The van der Waals surface area contributed by atoms with Crippen LogP contribution in [-0.2, 0) is 63.1 Å². The van der Waals surface area contributed by atoms with E-state index in [2.05, 4.69) is 0 Å². The molecule has 330 valence electrons. The van der Waals surface area contributed by atoms with Gasteiger partial charge in [-0.1, -0.05) is 121 Å². The molecule has 14 nitrogen and oxygen atoms in total. The molecule has 7 rings (SSSR count). The molecule has 0 unspecified atom stereocenters. The fraction of sp³-hybridized carbons (Fsp3) is 0.234. The highest BCUT2D eigenvalue weighted by molar-refractivity contribution is 7.49. The van der Waals surface area contributed by atoms with Gasteiger partial charge in [0.15, 0.2) is 23.0 Å². The molecule has 1 aliphatic heterocycles. The molecule has 1 saturated heterocycles. The van der Waals surface area contributed by atoms with Gasteiger partial charge in [-0.2, -0.15) is 0 Å². The molecule has 1 heterocycles. The number of hydrogen-bond donors (Lipinski definition) is 0. The molecule has 1 fully saturated rings. The van der Waals surface area contributed by atoms with Gasteiger partial charge in [-0.3, -0.25) is 18.1 Å². The number of rotatable bonds is 22. The first-order valence-corrected chi connectivity index (χ1v) is 22.7. The van der Waals surface area contributed by atoms with E-state index in [0.29, 0.717) is 45.1 Å². The van der Waals surface area contributed by atoms with E-state index in [1.54, 1.807) is 24.3 Å². The van der Waals surface area contributed by atoms with Crippen molar-refractivity contribution in [2.24, 2.45) is 0 Å². The van der Waals surface area contributed by atoms with Gasteiger partial charge in [0.2, 0.25) is 11.5 Å². The minimum absolute atomic E-state index is 0.0153. The van der Waals surface area contributed by atoms with Crippen LogP contribution in [0.15, 0.2) is 146 Å². The Morgan fingerprint density at radius 2 is 0.825 bits per heavy atom. The van der Waals surface area contributed by atoms with Crippen LogP contribution < -0.4 is 28.0 Å². The van der Waals surface area contributed by atoms with Gasteiger partial charge < -0.3 is 37.5 Å². The molecular formula is C47H48O14P2.